The number of halogens is 4. The van der Waals surface area contributed by atoms with Crippen molar-refractivity contribution in [1.82, 2.24) is 10.3 Å². The van der Waals surface area contributed by atoms with E-state index in [2.05, 4.69) is 15.6 Å². The van der Waals surface area contributed by atoms with Crippen LogP contribution in [0.2, 0.25) is 5.02 Å². The van der Waals surface area contributed by atoms with Gasteiger partial charge >= 0.3 is 6.18 Å². The Kier molecular flexibility index (Phi) is 7.22. The molecule has 6 nitrogen and oxygen atoms in total. The second kappa shape index (κ2) is 9.41. The lowest BCUT2D eigenvalue weighted by Crippen LogP contribution is -2.32. The molecule has 0 spiro atoms. The quantitative estimate of drug-likeness (QED) is 0.509. The third-order valence-corrected chi connectivity index (χ3v) is 3.83. The van der Waals surface area contributed by atoms with Crippen LogP contribution in [0.1, 0.15) is 22.8 Å². The third kappa shape index (κ3) is 6.41. The van der Waals surface area contributed by atoms with Crippen molar-refractivity contribution in [3.63, 3.8) is 0 Å². The summed E-state index contributed by atoms with van der Waals surface area (Å²) in [4.78, 5) is 26.6. The summed E-state index contributed by atoms with van der Waals surface area (Å²) in [7, 11) is 0. The van der Waals surface area contributed by atoms with Crippen LogP contribution in [0.4, 0.5) is 19.0 Å². The zero-order valence-electron chi connectivity index (χ0n) is 14.8. The van der Waals surface area contributed by atoms with Gasteiger partial charge in [-0.25, -0.2) is 4.98 Å². The maximum atomic E-state index is 12.6. The molecule has 0 aliphatic rings. The number of ketones is 1. The van der Waals surface area contributed by atoms with Gasteiger partial charge in [-0.1, -0.05) is 11.6 Å². The lowest BCUT2D eigenvalue weighted by molar-refractivity contribution is -0.137. The minimum atomic E-state index is -4.52. The predicted molar refractivity (Wildman–Crippen MR) is 97.7 cm³/mol. The van der Waals surface area contributed by atoms with Gasteiger partial charge in [-0.2, -0.15) is 13.2 Å². The van der Waals surface area contributed by atoms with E-state index in [9.17, 15) is 22.8 Å². The number of carbonyl (C=O) groups is 2. The lowest BCUT2D eigenvalue weighted by Gasteiger charge is -2.11. The van der Waals surface area contributed by atoms with Gasteiger partial charge < -0.3 is 15.4 Å². The number of hydrogen-bond donors (Lipinski definition) is 2. The number of anilines is 1. The number of ether oxygens (including phenoxy) is 1. The van der Waals surface area contributed by atoms with Crippen molar-refractivity contribution in [3.8, 4) is 5.75 Å². The van der Waals surface area contributed by atoms with Gasteiger partial charge in [0.15, 0.2) is 12.4 Å². The number of hydrogen-bond acceptors (Lipinski definition) is 5. The van der Waals surface area contributed by atoms with E-state index in [1.165, 1.54) is 6.92 Å². The highest BCUT2D eigenvalue weighted by molar-refractivity contribution is 6.32. The Bertz CT molecular complexity index is 842. The summed E-state index contributed by atoms with van der Waals surface area (Å²) in [5, 5.41) is 5.15. The molecule has 2 rings (SSSR count). The molecule has 0 saturated carbocycles. The fraction of sp³-hybridized carbons (Fsp3) is 0.278. The van der Waals surface area contributed by atoms with Crippen LogP contribution < -0.4 is 15.4 Å². The molecule has 0 unspecified atom stereocenters. The zero-order valence-corrected chi connectivity index (χ0v) is 15.5. The Balaban J connectivity index is 1.72. The van der Waals surface area contributed by atoms with Gasteiger partial charge in [-0.3, -0.25) is 9.59 Å². The monoisotopic (exact) mass is 415 g/mol. The summed E-state index contributed by atoms with van der Waals surface area (Å²) < 4.78 is 43.0. The van der Waals surface area contributed by atoms with E-state index in [1.54, 1.807) is 24.3 Å². The van der Waals surface area contributed by atoms with E-state index in [0.717, 1.165) is 6.07 Å². The fourth-order valence-electron chi connectivity index (χ4n) is 2.09. The van der Waals surface area contributed by atoms with E-state index in [4.69, 9.17) is 16.3 Å². The molecule has 28 heavy (non-hydrogen) atoms. The molecule has 0 saturated heterocycles. The molecule has 10 heteroatoms. The Morgan fingerprint density at radius 1 is 1.18 bits per heavy atom. The van der Waals surface area contributed by atoms with Gasteiger partial charge in [-0.15, -0.1) is 0 Å². The molecule has 0 radical (unpaired) electrons. The first-order valence-corrected chi connectivity index (χ1v) is 8.51. The van der Waals surface area contributed by atoms with Crippen LogP contribution in [0.25, 0.3) is 0 Å². The number of nitrogens with one attached hydrogen (secondary N) is 2. The Morgan fingerprint density at radius 2 is 1.86 bits per heavy atom. The van der Waals surface area contributed by atoms with Crippen LogP contribution >= 0.6 is 11.6 Å². The summed E-state index contributed by atoms with van der Waals surface area (Å²) in [6, 6.07) is 7.15. The highest BCUT2D eigenvalue weighted by atomic mass is 35.5. The minimum Gasteiger partial charge on any atom is -0.484 e. The maximum absolute atomic E-state index is 12.6. The molecular formula is C18H17ClF3N3O3. The molecule has 1 aromatic carbocycles. The van der Waals surface area contributed by atoms with Crippen molar-refractivity contribution >= 4 is 29.1 Å². The van der Waals surface area contributed by atoms with E-state index in [0.29, 0.717) is 17.5 Å². The number of carbonyl (C=O) groups excluding carboxylic acids is 2. The molecule has 0 aliphatic carbocycles. The second-order valence-electron chi connectivity index (χ2n) is 5.70. The molecule has 0 aliphatic heterocycles. The van der Waals surface area contributed by atoms with Crippen molar-refractivity contribution in [2.75, 3.05) is 25.0 Å². The Hall–Kier alpha value is -2.81. The van der Waals surface area contributed by atoms with Crippen LogP contribution in [0.3, 0.4) is 0 Å². The Labute approximate surface area is 164 Å². The number of pyridine rings is 1. The average molecular weight is 416 g/mol. The Morgan fingerprint density at radius 3 is 2.43 bits per heavy atom. The van der Waals surface area contributed by atoms with Crippen molar-refractivity contribution in [3.05, 3.63) is 52.7 Å². The third-order valence-electron chi connectivity index (χ3n) is 3.54. The van der Waals surface area contributed by atoms with E-state index >= 15 is 0 Å². The fourth-order valence-corrected chi connectivity index (χ4v) is 2.32. The molecule has 1 aromatic heterocycles. The lowest BCUT2D eigenvalue weighted by atomic mass is 10.1. The summed E-state index contributed by atoms with van der Waals surface area (Å²) in [5.74, 6) is 0.0769. The maximum Gasteiger partial charge on any atom is 0.417 e. The van der Waals surface area contributed by atoms with E-state index in [-0.39, 0.29) is 42.2 Å². The van der Waals surface area contributed by atoms with Crippen LogP contribution in [0, 0.1) is 0 Å². The number of Topliss-reactive ketones (excluding diaryl/α,β-unsaturated/α-hetero) is 1. The number of rotatable bonds is 8. The first-order chi connectivity index (χ1) is 13.2. The van der Waals surface area contributed by atoms with Gasteiger partial charge in [0.25, 0.3) is 5.91 Å². The van der Waals surface area contributed by atoms with Crippen molar-refractivity contribution in [2.45, 2.75) is 13.1 Å². The highest BCUT2D eigenvalue weighted by Gasteiger charge is 2.31. The van der Waals surface area contributed by atoms with Crippen LogP contribution in [0.5, 0.6) is 5.75 Å². The summed E-state index contributed by atoms with van der Waals surface area (Å²) in [6.07, 6.45) is -3.84. The molecule has 150 valence electrons. The smallest absolute Gasteiger partial charge is 0.417 e. The molecular weight excluding hydrogens is 399 g/mol. The number of nitrogens with zero attached hydrogens (tertiary/aromatic N) is 1. The zero-order chi connectivity index (χ0) is 20.7. The summed E-state index contributed by atoms with van der Waals surface area (Å²) in [6.45, 7) is 1.62. The number of amides is 1. The standard InChI is InChI=1S/C18H17ClF3N3O3/c1-11(26)12-2-4-14(5-3-12)28-10-16(27)23-6-7-24-17-15(19)8-13(9-25-17)18(20,21)22/h2-5,8-9H,6-7,10H2,1H3,(H,23,27)(H,24,25). The van der Waals surface area contributed by atoms with Crippen molar-refractivity contribution in [2.24, 2.45) is 0 Å². The van der Waals surface area contributed by atoms with Crippen LogP contribution in [0.15, 0.2) is 36.5 Å². The summed E-state index contributed by atoms with van der Waals surface area (Å²) >= 11 is 5.77. The van der Waals surface area contributed by atoms with Crippen LogP contribution in [-0.2, 0) is 11.0 Å². The summed E-state index contributed by atoms with van der Waals surface area (Å²) in [5.41, 5.74) is -0.400. The normalized spacial score (nSPS) is 11.0. The van der Waals surface area contributed by atoms with Gasteiger partial charge in [0.2, 0.25) is 0 Å². The van der Waals surface area contributed by atoms with Gasteiger partial charge in [0, 0.05) is 24.8 Å². The number of aromatic nitrogens is 1. The first kappa shape index (κ1) is 21.5. The van der Waals surface area contributed by atoms with Gasteiger partial charge in [-0.05, 0) is 37.3 Å². The largest absolute Gasteiger partial charge is 0.484 e. The van der Waals surface area contributed by atoms with Crippen molar-refractivity contribution < 1.29 is 27.5 Å². The first-order valence-electron chi connectivity index (χ1n) is 8.14. The SMILES string of the molecule is CC(=O)c1ccc(OCC(=O)NCCNc2ncc(C(F)(F)F)cc2Cl)cc1. The van der Waals surface area contributed by atoms with Gasteiger partial charge in [0.05, 0.1) is 10.6 Å². The number of benzene rings is 1. The molecule has 0 fully saturated rings. The molecule has 2 aromatic rings. The second-order valence-corrected chi connectivity index (χ2v) is 6.11. The topological polar surface area (TPSA) is 80.3 Å². The highest BCUT2D eigenvalue weighted by Crippen LogP contribution is 2.32. The van der Waals surface area contributed by atoms with Crippen molar-refractivity contribution in [1.29, 1.82) is 0 Å². The molecule has 1 heterocycles. The average Bonchev–Trinajstić information content (AvgIpc) is 2.64. The predicted octanol–water partition coefficient (Wildman–Crippen LogP) is 3.56. The van der Waals surface area contributed by atoms with E-state index in [1.807, 2.05) is 0 Å². The number of alkyl halides is 3. The molecule has 0 bridgehead atoms. The molecule has 2 N–H and O–H groups in total. The minimum absolute atomic E-state index is 0.0700. The van der Waals surface area contributed by atoms with Gasteiger partial charge in [0.1, 0.15) is 11.6 Å². The molecule has 1 amide bonds. The molecule has 0 atom stereocenters. The van der Waals surface area contributed by atoms with Crippen LogP contribution in [-0.4, -0.2) is 36.4 Å². The van der Waals surface area contributed by atoms with E-state index < -0.39 is 11.7 Å².